The number of thioether (sulfide) groups is 1. The van der Waals surface area contributed by atoms with Gasteiger partial charge in [0.05, 0.1) is 6.10 Å². The number of hydrogen-bond acceptors (Lipinski definition) is 3. The maximum absolute atomic E-state index is 11.4. The average Bonchev–Trinajstić information content (AvgIpc) is 2.32. The second-order valence-corrected chi connectivity index (χ2v) is 4.11. The summed E-state index contributed by atoms with van der Waals surface area (Å²) >= 11 is 1.39. The number of rotatable bonds is 1. The summed E-state index contributed by atoms with van der Waals surface area (Å²) in [6.45, 7) is 1.83. The lowest BCUT2D eigenvalue weighted by atomic mass is 10.1. The van der Waals surface area contributed by atoms with Crippen molar-refractivity contribution in [1.82, 2.24) is 4.90 Å². The molecule has 0 aromatic heterocycles. The van der Waals surface area contributed by atoms with Gasteiger partial charge >= 0.3 is 0 Å². The smallest absolute Gasteiger partial charge is 0.238 e. The minimum atomic E-state index is -0.607. The second kappa shape index (κ2) is 3.49. The molecule has 0 bridgehead atoms. The molecule has 1 N–H and O–H groups in total. The fourth-order valence-corrected chi connectivity index (χ4v) is 2.20. The van der Waals surface area contributed by atoms with Crippen molar-refractivity contribution < 1.29 is 9.90 Å². The zero-order chi connectivity index (χ0) is 9.30. The van der Waals surface area contributed by atoms with Gasteiger partial charge in [-0.25, -0.2) is 0 Å². The van der Waals surface area contributed by atoms with E-state index in [-0.39, 0.29) is 11.2 Å². The largest absolute Gasteiger partial charge is 0.387 e. The van der Waals surface area contributed by atoms with Gasteiger partial charge in [0.25, 0.3) is 0 Å². The van der Waals surface area contributed by atoms with Crippen LogP contribution in [0.2, 0.25) is 0 Å². The zero-order valence-electron chi connectivity index (χ0n) is 7.44. The fraction of sp³-hybridized carbons (Fsp3) is 0.625. The fourth-order valence-electron chi connectivity index (χ4n) is 1.01. The zero-order valence-corrected chi connectivity index (χ0v) is 8.26. The van der Waals surface area contributed by atoms with Crippen LogP contribution < -0.4 is 0 Å². The molecule has 4 heteroatoms. The summed E-state index contributed by atoms with van der Waals surface area (Å²) in [5, 5.41) is 11.1. The first kappa shape index (κ1) is 9.61. The number of carbonyl (C=O) groups is 1. The lowest BCUT2D eigenvalue weighted by molar-refractivity contribution is -0.129. The summed E-state index contributed by atoms with van der Waals surface area (Å²) in [7, 11) is 3.40. The Morgan fingerprint density at radius 2 is 2.25 bits per heavy atom. The maximum atomic E-state index is 11.4. The van der Waals surface area contributed by atoms with Crippen molar-refractivity contribution in [2.45, 2.75) is 18.3 Å². The number of carbonyl (C=O) groups excluding carboxylic acids is 1. The molecule has 0 aromatic rings. The highest BCUT2D eigenvalue weighted by molar-refractivity contribution is 8.03. The van der Waals surface area contributed by atoms with Gasteiger partial charge < -0.3 is 10.0 Å². The molecule has 0 aromatic carbocycles. The topological polar surface area (TPSA) is 40.5 Å². The van der Waals surface area contributed by atoms with E-state index >= 15 is 0 Å². The third-order valence-electron chi connectivity index (χ3n) is 1.84. The Hall–Kier alpha value is -0.480. The normalized spacial score (nSPS) is 28.5. The van der Waals surface area contributed by atoms with E-state index in [1.165, 1.54) is 16.7 Å². The molecule has 3 nitrogen and oxygen atoms in total. The molecule has 68 valence electrons. The molecular formula is C8H13NO2S. The van der Waals surface area contributed by atoms with Gasteiger partial charge in [-0.1, -0.05) is 0 Å². The number of hydrogen-bond donors (Lipinski definition) is 1. The number of amides is 1. The van der Waals surface area contributed by atoms with E-state index in [4.69, 9.17) is 0 Å². The Bertz CT molecular complexity index is 225. The molecule has 0 saturated heterocycles. The molecule has 2 unspecified atom stereocenters. The molecule has 0 spiro atoms. The van der Waals surface area contributed by atoms with Crippen LogP contribution in [0.5, 0.6) is 0 Å². The maximum Gasteiger partial charge on any atom is 0.238 e. The SMILES string of the molecule is CC1=CSC(C(=O)N(C)C)C1O. The van der Waals surface area contributed by atoms with Gasteiger partial charge in [-0.05, 0) is 17.9 Å². The van der Waals surface area contributed by atoms with Crippen LogP contribution in [0.15, 0.2) is 11.0 Å². The first-order valence-corrected chi connectivity index (χ1v) is 4.69. The van der Waals surface area contributed by atoms with Crippen molar-refractivity contribution in [3.05, 3.63) is 11.0 Å². The van der Waals surface area contributed by atoms with Crippen LogP contribution in [0.25, 0.3) is 0 Å². The van der Waals surface area contributed by atoms with Crippen LogP contribution in [0.4, 0.5) is 0 Å². The van der Waals surface area contributed by atoms with Crippen LogP contribution in [-0.4, -0.2) is 41.4 Å². The number of aliphatic hydroxyl groups is 1. The summed E-state index contributed by atoms with van der Waals surface area (Å²) in [6, 6.07) is 0. The Kier molecular flexibility index (Phi) is 2.80. The molecule has 1 aliphatic heterocycles. The number of aliphatic hydroxyl groups excluding tert-OH is 1. The lowest BCUT2D eigenvalue weighted by Gasteiger charge is -2.18. The molecule has 2 atom stereocenters. The summed E-state index contributed by atoms with van der Waals surface area (Å²) in [5.41, 5.74) is 0.875. The Morgan fingerprint density at radius 3 is 2.58 bits per heavy atom. The van der Waals surface area contributed by atoms with Gasteiger partial charge in [0.1, 0.15) is 5.25 Å². The van der Waals surface area contributed by atoms with E-state index in [9.17, 15) is 9.90 Å². The molecule has 0 aliphatic carbocycles. The lowest BCUT2D eigenvalue weighted by Crippen LogP contribution is -2.37. The second-order valence-electron chi connectivity index (χ2n) is 3.10. The van der Waals surface area contributed by atoms with Gasteiger partial charge in [0.2, 0.25) is 5.91 Å². The van der Waals surface area contributed by atoms with E-state index in [1.54, 1.807) is 14.1 Å². The van der Waals surface area contributed by atoms with Crippen molar-refractivity contribution >= 4 is 17.7 Å². The molecule has 12 heavy (non-hydrogen) atoms. The van der Waals surface area contributed by atoms with E-state index in [0.29, 0.717) is 0 Å². The molecule has 0 fully saturated rings. The predicted octanol–water partition coefficient (Wildman–Crippen LogP) is 0.455. The van der Waals surface area contributed by atoms with Gasteiger partial charge in [-0.15, -0.1) is 11.8 Å². The molecule has 1 amide bonds. The van der Waals surface area contributed by atoms with E-state index in [0.717, 1.165) is 5.57 Å². The van der Waals surface area contributed by atoms with Crippen LogP contribution in [0, 0.1) is 0 Å². The minimum absolute atomic E-state index is 0.0272. The highest BCUT2D eigenvalue weighted by Gasteiger charge is 2.33. The quantitative estimate of drug-likeness (QED) is 0.648. The van der Waals surface area contributed by atoms with Crippen molar-refractivity contribution in [3.8, 4) is 0 Å². The summed E-state index contributed by atoms with van der Waals surface area (Å²) in [4.78, 5) is 12.9. The molecule has 1 rings (SSSR count). The highest BCUT2D eigenvalue weighted by atomic mass is 32.2. The van der Waals surface area contributed by atoms with E-state index < -0.39 is 6.10 Å². The Morgan fingerprint density at radius 1 is 1.67 bits per heavy atom. The number of nitrogens with zero attached hydrogens (tertiary/aromatic N) is 1. The Balaban J connectivity index is 2.64. The van der Waals surface area contributed by atoms with Crippen molar-refractivity contribution in [3.63, 3.8) is 0 Å². The van der Waals surface area contributed by atoms with Gasteiger partial charge in [-0.3, -0.25) is 4.79 Å². The molecule has 1 heterocycles. The van der Waals surface area contributed by atoms with Crippen LogP contribution in [0.3, 0.4) is 0 Å². The van der Waals surface area contributed by atoms with Crippen LogP contribution in [-0.2, 0) is 4.79 Å². The third-order valence-corrected chi connectivity index (χ3v) is 3.10. The van der Waals surface area contributed by atoms with E-state index in [1.807, 2.05) is 12.3 Å². The highest BCUT2D eigenvalue weighted by Crippen LogP contribution is 2.30. The monoisotopic (exact) mass is 187 g/mol. The molecular weight excluding hydrogens is 174 g/mol. The van der Waals surface area contributed by atoms with Crippen molar-refractivity contribution in [2.24, 2.45) is 0 Å². The average molecular weight is 187 g/mol. The standard InChI is InChI=1S/C8H13NO2S/c1-5-4-12-7(6(5)10)8(11)9(2)3/h4,6-7,10H,1-3H3. The van der Waals surface area contributed by atoms with Gasteiger partial charge in [0, 0.05) is 14.1 Å². The van der Waals surface area contributed by atoms with Gasteiger partial charge in [0.15, 0.2) is 0 Å². The van der Waals surface area contributed by atoms with Crippen LogP contribution >= 0.6 is 11.8 Å². The molecule has 1 aliphatic rings. The van der Waals surface area contributed by atoms with Gasteiger partial charge in [-0.2, -0.15) is 0 Å². The predicted molar refractivity (Wildman–Crippen MR) is 49.8 cm³/mol. The Labute approximate surface area is 76.4 Å². The summed E-state index contributed by atoms with van der Waals surface area (Å²) in [6.07, 6.45) is -0.607. The van der Waals surface area contributed by atoms with Crippen LogP contribution in [0.1, 0.15) is 6.92 Å². The van der Waals surface area contributed by atoms with E-state index in [2.05, 4.69) is 0 Å². The third kappa shape index (κ3) is 1.64. The molecule has 0 radical (unpaired) electrons. The minimum Gasteiger partial charge on any atom is -0.387 e. The first-order valence-electron chi connectivity index (χ1n) is 3.75. The van der Waals surface area contributed by atoms with Crippen molar-refractivity contribution in [2.75, 3.05) is 14.1 Å². The first-order chi connectivity index (χ1) is 5.54. The molecule has 0 saturated carbocycles. The summed E-state index contributed by atoms with van der Waals surface area (Å²) in [5.74, 6) is -0.0272. The van der Waals surface area contributed by atoms with Crippen molar-refractivity contribution in [1.29, 1.82) is 0 Å². The summed E-state index contributed by atoms with van der Waals surface area (Å²) < 4.78 is 0.